The lowest BCUT2D eigenvalue weighted by Gasteiger charge is -2.18. The number of nitrogens with one attached hydrogen (secondary N) is 1. The molecule has 3 heteroatoms. The quantitative estimate of drug-likeness (QED) is 0.860. The average molecular weight is 232 g/mol. The first-order chi connectivity index (χ1) is 8.27. The SMILES string of the molecule is C[C@@H](NCC(=O)N1CCCC1)c1ccccc1. The van der Waals surface area contributed by atoms with Crippen molar-refractivity contribution in [3.63, 3.8) is 0 Å². The first kappa shape index (κ1) is 12.1. The minimum atomic E-state index is 0.225. The third-order valence-electron chi connectivity index (χ3n) is 3.32. The van der Waals surface area contributed by atoms with Gasteiger partial charge in [0.15, 0.2) is 0 Å². The van der Waals surface area contributed by atoms with Crippen LogP contribution < -0.4 is 5.32 Å². The van der Waals surface area contributed by atoms with Crippen molar-refractivity contribution < 1.29 is 4.79 Å². The molecule has 0 saturated carbocycles. The molecular weight excluding hydrogens is 212 g/mol. The number of nitrogens with zero attached hydrogens (tertiary/aromatic N) is 1. The van der Waals surface area contributed by atoms with Gasteiger partial charge in [0.25, 0.3) is 0 Å². The molecule has 0 aromatic heterocycles. The molecule has 2 rings (SSSR count). The van der Waals surface area contributed by atoms with Gasteiger partial charge in [0.1, 0.15) is 0 Å². The third-order valence-corrected chi connectivity index (χ3v) is 3.32. The Bertz CT molecular complexity index is 358. The minimum Gasteiger partial charge on any atom is -0.342 e. The lowest BCUT2D eigenvalue weighted by atomic mass is 10.1. The molecule has 1 fully saturated rings. The van der Waals surface area contributed by atoms with Crippen LogP contribution in [0.25, 0.3) is 0 Å². The van der Waals surface area contributed by atoms with Crippen molar-refractivity contribution in [1.82, 2.24) is 10.2 Å². The van der Waals surface area contributed by atoms with E-state index in [1.54, 1.807) is 0 Å². The third kappa shape index (κ3) is 3.30. The molecule has 3 nitrogen and oxygen atoms in total. The second-order valence-electron chi connectivity index (χ2n) is 4.60. The second-order valence-corrected chi connectivity index (χ2v) is 4.60. The van der Waals surface area contributed by atoms with Crippen molar-refractivity contribution in [2.24, 2.45) is 0 Å². The van der Waals surface area contributed by atoms with Crippen LogP contribution in [0.3, 0.4) is 0 Å². The maximum Gasteiger partial charge on any atom is 0.236 e. The summed E-state index contributed by atoms with van der Waals surface area (Å²) in [5.74, 6) is 0.227. The van der Waals surface area contributed by atoms with Crippen LogP contribution in [-0.4, -0.2) is 30.4 Å². The molecule has 1 atom stereocenters. The van der Waals surface area contributed by atoms with Crippen LogP contribution in [-0.2, 0) is 4.79 Å². The second kappa shape index (κ2) is 5.82. The van der Waals surface area contributed by atoms with E-state index in [2.05, 4.69) is 24.4 Å². The number of hydrogen-bond acceptors (Lipinski definition) is 2. The smallest absolute Gasteiger partial charge is 0.236 e. The van der Waals surface area contributed by atoms with E-state index in [4.69, 9.17) is 0 Å². The molecule has 1 amide bonds. The molecule has 1 aromatic rings. The fraction of sp³-hybridized carbons (Fsp3) is 0.500. The normalized spacial score (nSPS) is 17.1. The molecule has 0 spiro atoms. The fourth-order valence-electron chi connectivity index (χ4n) is 2.18. The first-order valence-electron chi connectivity index (χ1n) is 6.33. The highest BCUT2D eigenvalue weighted by Crippen LogP contribution is 2.11. The molecule has 0 unspecified atom stereocenters. The molecular formula is C14H20N2O. The molecule has 92 valence electrons. The summed E-state index contributed by atoms with van der Waals surface area (Å²) in [6.07, 6.45) is 2.31. The van der Waals surface area contributed by atoms with E-state index in [1.807, 2.05) is 23.1 Å². The highest BCUT2D eigenvalue weighted by atomic mass is 16.2. The number of carbonyl (C=O) groups is 1. The Labute approximate surface area is 103 Å². The van der Waals surface area contributed by atoms with E-state index in [0.717, 1.165) is 25.9 Å². The van der Waals surface area contributed by atoms with Gasteiger partial charge in [-0.1, -0.05) is 30.3 Å². The highest BCUT2D eigenvalue weighted by Gasteiger charge is 2.17. The fourth-order valence-corrected chi connectivity index (χ4v) is 2.18. The Morgan fingerprint density at radius 1 is 1.29 bits per heavy atom. The van der Waals surface area contributed by atoms with E-state index in [1.165, 1.54) is 5.56 Å². The molecule has 1 aliphatic rings. The predicted molar refractivity (Wildman–Crippen MR) is 68.7 cm³/mol. The number of rotatable bonds is 4. The number of benzene rings is 1. The van der Waals surface area contributed by atoms with E-state index < -0.39 is 0 Å². The molecule has 1 aliphatic heterocycles. The lowest BCUT2D eigenvalue weighted by molar-refractivity contribution is -0.129. The molecule has 1 aromatic carbocycles. The molecule has 17 heavy (non-hydrogen) atoms. The molecule has 0 bridgehead atoms. The highest BCUT2D eigenvalue weighted by molar-refractivity contribution is 5.78. The maximum atomic E-state index is 11.8. The zero-order chi connectivity index (χ0) is 12.1. The van der Waals surface area contributed by atoms with Crippen LogP contribution in [0.15, 0.2) is 30.3 Å². The van der Waals surface area contributed by atoms with Gasteiger partial charge < -0.3 is 10.2 Å². The van der Waals surface area contributed by atoms with Crippen molar-refractivity contribution in [2.75, 3.05) is 19.6 Å². The summed E-state index contributed by atoms with van der Waals surface area (Å²) < 4.78 is 0. The van der Waals surface area contributed by atoms with Gasteiger partial charge in [-0.25, -0.2) is 0 Å². The van der Waals surface area contributed by atoms with Gasteiger partial charge >= 0.3 is 0 Å². The van der Waals surface area contributed by atoms with Gasteiger partial charge in [0, 0.05) is 19.1 Å². The van der Waals surface area contributed by atoms with Crippen molar-refractivity contribution >= 4 is 5.91 Å². The summed E-state index contributed by atoms with van der Waals surface area (Å²) in [7, 11) is 0. The van der Waals surface area contributed by atoms with Crippen molar-refractivity contribution in [1.29, 1.82) is 0 Å². The number of amides is 1. The van der Waals surface area contributed by atoms with Gasteiger partial charge in [-0.05, 0) is 25.3 Å². The summed E-state index contributed by atoms with van der Waals surface area (Å²) in [5.41, 5.74) is 1.22. The summed E-state index contributed by atoms with van der Waals surface area (Å²) >= 11 is 0. The van der Waals surface area contributed by atoms with Crippen molar-refractivity contribution in [3.05, 3.63) is 35.9 Å². The van der Waals surface area contributed by atoms with Crippen LogP contribution in [0.2, 0.25) is 0 Å². The van der Waals surface area contributed by atoms with E-state index in [9.17, 15) is 4.79 Å². The van der Waals surface area contributed by atoms with Gasteiger partial charge in [0.05, 0.1) is 6.54 Å². The molecule has 0 radical (unpaired) electrons. The first-order valence-corrected chi connectivity index (χ1v) is 6.33. The summed E-state index contributed by atoms with van der Waals surface area (Å²) in [6.45, 7) is 4.39. The van der Waals surface area contributed by atoms with Gasteiger partial charge in [-0.15, -0.1) is 0 Å². The maximum absolute atomic E-state index is 11.8. The minimum absolute atomic E-state index is 0.225. The van der Waals surface area contributed by atoms with Crippen molar-refractivity contribution in [2.45, 2.75) is 25.8 Å². The molecule has 1 heterocycles. The molecule has 1 saturated heterocycles. The predicted octanol–water partition coefficient (Wildman–Crippen LogP) is 1.96. The standard InChI is InChI=1S/C14H20N2O/c1-12(13-7-3-2-4-8-13)15-11-14(17)16-9-5-6-10-16/h2-4,7-8,12,15H,5-6,9-11H2,1H3/t12-/m1/s1. The average Bonchev–Trinajstić information content (AvgIpc) is 2.90. The van der Waals surface area contributed by atoms with E-state index in [0.29, 0.717) is 6.54 Å². The monoisotopic (exact) mass is 232 g/mol. The lowest BCUT2D eigenvalue weighted by Crippen LogP contribution is -2.37. The van der Waals surface area contributed by atoms with Gasteiger partial charge in [-0.2, -0.15) is 0 Å². The van der Waals surface area contributed by atoms with Gasteiger partial charge in [0.2, 0.25) is 5.91 Å². The zero-order valence-corrected chi connectivity index (χ0v) is 10.4. The van der Waals surface area contributed by atoms with Crippen LogP contribution in [0, 0.1) is 0 Å². The Kier molecular flexibility index (Phi) is 4.15. The Balaban J connectivity index is 1.80. The van der Waals surface area contributed by atoms with Crippen LogP contribution in [0.1, 0.15) is 31.4 Å². The molecule has 0 aliphatic carbocycles. The summed E-state index contributed by atoms with van der Waals surface area (Å²) in [4.78, 5) is 13.8. The summed E-state index contributed by atoms with van der Waals surface area (Å²) in [5, 5.41) is 3.28. The van der Waals surface area contributed by atoms with E-state index >= 15 is 0 Å². The molecule has 1 N–H and O–H groups in total. The number of likely N-dealkylation sites (tertiary alicyclic amines) is 1. The van der Waals surface area contributed by atoms with Crippen molar-refractivity contribution in [3.8, 4) is 0 Å². The van der Waals surface area contributed by atoms with Crippen LogP contribution in [0.4, 0.5) is 0 Å². The zero-order valence-electron chi connectivity index (χ0n) is 10.4. The van der Waals surface area contributed by atoms with Crippen LogP contribution in [0.5, 0.6) is 0 Å². The van der Waals surface area contributed by atoms with E-state index in [-0.39, 0.29) is 11.9 Å². The van der Waals surface area contributed by atoms with Crippen LogP contribution >= 0.6 is 0 Å². The Hall–Kier alpha value is -1.35. The topological polar surface area (TPSA) is 32.3 Å². The largest absolute Gasteiger partial charge is 0.342 e. The number of carbonyl (C=O) groups excluding carboxylic acids is 1. The Morgan fingerprint density at radius 3 is 2.59 bits per heavy atom. The Morgan fingerprint density at radius 2 is 1.94 bits per heavy atom. The van der Waals surface area contributed by atoms with Gasteiger partial charge in [-0.3, -0.25) is 4.79 Å². The number of hydrogen-bond donors (Lipinski definition) is 1. The summed E-state index contributed by atoms with van der Waals surface area (Å²) in [6, 6.07) is 10.4.